The van der Waals surface area contributed by atoms with E-state index >= 15 is 0 Å². The predicted molar refractivity (Wildman–Crippen MR) is 102 cm³/mol. The van der Waals surface area contributed by atoms with Crippen molar-refractivity contribution >= 4 is 34.2 Å². The zero-order chi connectivity index (χ0) is 18.5. The number of carboxylic acid groups (broad SMARTS) is 1. The summed E-state index contributed by atoms with van der Waals surface area (Å²) in [5.41, 5.74) is 1.70. The molecule has 1 aromatic carbocycles. The van der Waals surface area contributed by atoms with Gasteiger partial charge in [0.1, 0.15) is 5.41 Å². The molecule has 2 fully saturated rings. The van der Waals surface area contributed by atoms with Gasteiger partial charge in [-0.25, -0.2) is 0 Å². The summed E-state index contributed by atoms with van der Waals surface area (Å²) >= 11 is 6.26. The van der Waals surface area contributed by atoms with Crippen LogP contribution in [-0.4, -0.2) is 40.4 Å². The molecule has 2 heterocycles. The first-order valence-corrected chi connectivity index (χ1v) is 9.50. The molecule has 0 bridgehead atoms. The van der Waals surface area contributed by atoms with Gasteiger partial charge in [0.25, 0.3) is 0 Å². The van der Waals surface area contributed by atoms with Gasteiger partial charge in [-0.15, -0.1) is 0 Å². The molecule has 6 heteroatoms. The number of benzene rings is 1. The van der Waals surface area contributed by atoms with Crippen LogP contribution in [0, 0.1) is 18.3 Å². The Balaban J connectivity index is 1.76. The number of rotatable bonds is 4. The molecular weight excluding hydrogens is 352 g/mol. The van der Waals surface area contributed by atoms with E-state index in [9.17, 15) is 15.0 Å². The number of halogens is 1. The Morgan fingerprint density at radius 2 is 2.15 bits per heavy atom. The number of carbonyl (C=O) groups is 1. The van der Waals surface area contributed by atoms with Crippen LogP contribution in [0.25, 0.3) is 10.9 Å². The van der Waals surface area contributed by atoms with E-state index in [0.717, 1.165) is 35.0 Å². The summed E-state index contributed by atoms with van der Waals surface area (Å²) < 4.78 is 0. The second-order valence-electron chi connectivity index (χ2n) is 7.78. The third-order valence-electron chi connectivity index (χ3n) is 5.88. The van der Waals surface area contributed by atoms with Crippen molar-refractivity contribution in [2.75, 3.05) is 18.0 Å². The van der Waals surface area contributed by atoms with Crippen LogP contribution >= 0.6 is 11.6 Å². The Kier molecular flexibility index (Phi) is 4.32. The summed E-state index contributed by atoms with van der Waals surface area (Å²) in [5.74, 6) is -0.472. The molecule has 4 rings (SSSR count). The van der Waals surface area contributed by atoms with E-state index in [1.165, 1.54) is 0 Å². The summed E-state index contributed by atoms with van der Waals surface area (Å²) in [5, 5.41) is 22.1. The van der Waals surface area contributed by atoms with Crippen LogP contribution in [0.1, 0.15) is 31.2 Å². The summed E-state index contributed by atoms with van der Waals surface area (Å²) in [6.07, 6.45) is 4.07. The molecule has 2 N–H and O–H groups in total. The minimum atomic E-state index is -1.11. The maximum Gasteiger partial charge on any atom is 0.314 e. The number of aliphatic hydroxyl groups excluding tert-OH is 1. The Bertz CT molecular complexity index is 868. The normalized spacial score (nSPS) is 26.3. The summed E-state index contributed by atoms with van der Waals surface area (Å²) in [6.45, 7) is 2.90. The number of aliphatic hydroxyl groups is 1. The largest absolute Gasteiger partial charge is 0.481 e. The van der Waals surface area contributed by atoms with Gasteiger partial charge in [-0.05, 0) is 49.4 Å². The zero-order valence-corrected chi connectivity index (χ0v) is 15.5. The van der Waals surface area contributed by atoms with E-state index in [2.05, 4.69) is 9.88 Å². The fourth-order valence-electron chi connectivity index (χ4n) is 4.27. The van der Waals surface area contributed by atoms with E-state index in [4.69, 9.17) is 11.6 Å². The molecule has 1 saturated heterocycles. The predicted octanol–water partition coefficient (Wildman–Crippen LogP) is 3.64. The number of hydrogen-bond acceptors (Lipinski definition) is 4. The zero-order valence-electron chi connectivity index (χ0n) is 14.8. The summed E-state index contributed by atoms with van der Waals surface area (Å²) in [7, 11) is 0. The lowest BCUT2D eigenvalue weighted by Crippen LogP contribution is -2.56. The number of carboxylic acids is 1. The van der Waals surface area contributed by atoms with Crippen LogP contribution in [0.3, 0.4) is 0 Å². The van der Waals surface area contributed by atoms with Crippen LogP contribution in [0.2, 0.25) is 5.02 Å². The molecule has 0 radical (unpaired) electrons. The van der Waals surface area contributed by atoms with Crippen molar-refractivity contribution in [3.05, 3.63) is 35.0 Å². The van der Waals surface area contributed by atoms with Crippen molar-refractivity contribution in [1.29, 1.82) is 0 Å². The van der Waals surface area contributed by atoms with Crippen molar-refractivity contribution < 1.29 is 15.0 Å². The molecule has 26 heavy (non-hydrogen) atoms. The molecule has 0 amide bonds. The average Bonchev–Trinajstić information content (AvgIpc) is 3.40. The van der Waals surface area contributed by atoms with Crippen LogP contribution in [0.5, 0.6) is 0 Å². The second kappa shape index (κ2) is 6.39. The number of piperidine rings is 1. The van der Waals surface area contributed by atoms with Gasteiger partial charge in [0, 0.05) is 35.4 Å². The third-order valence-corrected chi connectivity index (χ3v) is 6.10. The highest BCUT2D eigenvalue weighted by molar-refractivity contribution is 6.31. The van der Waals surface area contributed by atoms with Crippen LogP contribution in [0.4, 0.5) is 5.69 Å². The number of hydrogen-bond donors (Lipinski definition) is 2. The summed E-state index contributed by atoms with van der Waals surface area (Å²) in [4.78, 5) is 18.7. The first kappa shape index (κ1) is 17.6. The molecule has 1 saturated carbocycles. The van der Waals surface area contributed by atoms with Gasteiger partial charge in [-0.3, -0.25) is 9.78 Å². The van der Waals surface area contributed by atoms with Crippen molar-refractivity contribution in [3.8, 4) is 0 Å². The number of anilines is 1. The van der Waals surface area contributed by atoms with Crippen molar-refractivity contribution in [2.45, 2.75) is 38.7 Å². The molecular formula is C20H23ClN2O3. The van der Waals surface area contributed by atoms with Gasteiger partial charge in [0.15, 0.2) is 0 Å². The number of aryl methyl sites for hydroxylation is 1. The highest BCUT2D eigenvalue weighted by Gasteiger charge is 2.51. The third kappa shape index (κ3) is 2.93. The summed E-state index contributed by atoms with van der Waals surface area (Å²) in [6, 6.07) is 5.69. The van der Waals surface area contributed by atoms with Gasteiger partial charge in [0.05, 0.1) is 11.6 Å². The SMILES string of the molecule is Cc1cc(Cl)cc2c(N3CC[C@H](O)[C@@](CC4CC4)(C(=O)O)C3)ccnc12. The maximum atomic E-state index is 12.2. The van der Waals surface area contributed by atoms with Gasteiger partial charge in [-0.1, -0.05) is 24.4 Å². The molecule has 0 spiro atoms. The molecule has 138 valence electrons. The molecule has 1 aliphatic heterocycles. The second-order valence-corrected chi connectivity index (χ2v) is 8.22. The topological polar surface area (TPSA) is 73.7 Å². The quantitative estimate of drug-likeness (QED) is 0.854. The van der Waals surface area contributed by atoms with Crippen molar-refractivity contribution in [2.24, 2.45) is 11.3 Å². The molecule has 2 aromatic rings. The number of pyridine rings is 1. The molecule has 0 unspecified atom stereocenters. The Labute approximate surface area is 157 Å². The fourth-order valence-corrected chi connectivity index (χ4v) is 4.54. The van der Waals surface area contributed by atoms with Gasteiger partial charge in [-0.2, -0.15) is 0 Å². The lowest BCUT2D eigenvalue weighted by atomic mass is 9.73. The minimum absolute atomic E-state index is 0.310. The smallest absolute Gasteiger partial charge is 0.314 e. The Morgan fingerprint density at radius 3 is 2.85 bits per heavy atom. The minimum Gasteiger partial charge on any atom is -0.481 e. The molecule has 2 atom stereocenters. The average molecular weight is 375 g/mol. The fraction of sp³-hybridized carbons (Fsp3) is 0.500. The number of nitrogens with zero attached hydrogens (tertiary/aromatic N) is 2. The van der Waals surface area contributed by atoms with E-state index < -0.39 is 17.5 Å². The highest BCUT2D eigenvalue weighted by Crippen LogP contribution is 2.46. The molecule has 5 nitrogen and oxygen atoms in total. The maximum absolute atomic E-state index is 12.2. The lowest BCUT2D eigenvalue weighted by Gasteiger charge is -2.44. The van der Waals surface area contributed by atoms with E-state index in [1.54, 1.807) is 6.20 Å². The monoisotopic (exact) mass is 374 g/mol. The highest BCUT2D eigenvalue weighted by atomic mass is 35.5. The molecule has 1 aromatic heterocycles. The van der Waals surface area contributed by atoms with Crippen molar-refractivity contribution in [3.63, 3.8) is 0 Å². The number of fused-ring (bicyclic) bond motifs is 1. The van der Waals surface area contributed by atoms with Gasteiger partial charge >= 0.3 is 5.97 Å². The van der Waals surface area contributed by atoms with E-state index in [-0.39, 0.29) is 0 Å². The first-order chi connectivity index (χ1) is 12.4. The van der Waals surface area contributed by atoms with Crippen LogP contribution in [0.15, 0.2) is 24.4 Å². The standard InChI is InChI=1S/C20H23ClN2O3/c1-12-8-14(21)9-15-16(4-6-22-18(12)15)23-7-5-17(24)20(11-23,19(25)26)10-13-2-3-13/h4,6,8-9,13,17,24H,2-3,5,7,10-11H2,1H3,(H,25,26)/t17-,20-/m0/s1. The van der Waals surface area contributed by atoms with Crippen LogP contribution < -0.4 is 4.90 Å². The van der Waals surface area contributed by atoms with Gasteiger partial charge < -0.3 is 15.1 Å². The lowest BCUT2D eigenvalue weighted by molar-refractivity contribution is -0.158. The van der Waals surface area contributed by atoms with Crippen LogP contribution in [-0.2, 0) is 4.79 Å². The Morgan fingerprint density at radius 1 is 1.38 bits per heavy atom. The molecule has 1 aliphatic carbocycles. The first-order valence-electron chi connectivity index (χ1n) is 9.12. The molecule has 2 aliphatic rings. The number of aliphatic carboxylic acids is 1. The van der Waals surface area contributed by atoms with E-state index in [0.29, 0.717) is 36.9 Å². The van der Waals surface area contributed by atoms with E-state index in [1.807, 2.05) is 25.1 Å². The van der Waals surface area contributed by atoms with Gasteiger partial charge in [0.2, 0.25) is 0 Å². The number of aromatic nitrogens is 1. The Hall–Kier alpha value is -1.85. The van der Waals surface area contributed by atoms with Crippen molar-refractivity contribution in [1.82, 2.24) is 4.98 Å².